The summed E-state index contributed by atoms with van der Waals surface area (Å²) in [5, 5.41) is 3.47. The van der Waals surface area contributed by atoms with E-state index in [0.29, 0.717) is 66.0 Å². The molecule has 2 aromatic heterocycles. The number of hydrogen-bond donors (Lipinski definition) is 2. The highest BCUT2D eigenvalue weighted by molar-refractivity contribution is 6.18. The Hall–Kier alpha value is -3.46. The van der Waals surface area contributed by atoms with Gasteiger partial charge in [0.25, 0.3) is 0 Å². The number of fused-ring (bicyclic) bond motifs is 1. The first-order chi connectivity index (χ1) is 15.6. The van der Waals surface area contributed by atoms with Crippen molar-refractivity contribution >= 4 is 34.4 Å². The Balaban J connectivity index is 1.45. The van der Waals surface area contributed by atoms with Crippen LogP contribution in [-0.2, 0) is 4.74 Å². The van der Waals surface area contributed by atoms with Gasteiger partial charge in [0.05, 0.1) is 24.2 Å². The molecule has 2 amide bonds. The van der Waals surface area contributed by atoms with Crippen LogP contribution < -0.4 is 11.1 Å². The summed E-state index contributed by atoms with van der Waals surface area (Å²) in [5.74, 6) is 0.127. The van der Waals surface area contributed by atoms with Crippen LogP contribution in [0.4, 0.5) is 16.3 Å². The van der Waals surface area contributed by atoms with Gasteiger partial charge < -0.3 is 25.3 Å². The molecular formula is C23H26N6O3. The van der Waals surface area contributed by atoms with E-state index >= 15 is 0 Å². The summed E-state index contributed by atoms with van der Waals surface area (Å²) in [6.07, 6.45) is 7.76. The van der Waals surface area contributed by atoms with Crippen LogP contribution in [0.3, 0.4) is 0 Å². The van der Waals surface area contributed by atoms with Crippen LogP contribution in [0, 0.1) is 0 Å². The number of nitrogens with one attached hydrogen (secondary N) is 1. The maximum absolute atomic E-state index is 13.5. The Morgan fingerprint density at radius 2 is 1.91 bits per heavy atom. The van der Waals surface area contributed by atoms with E-state index in [2.05, 4.69) is 19.9 Å². The molecule has 0 bridgehead atoms. The molecule has 2 aliphatic rings. The standard InChI is InChI=1S/C23H26N6O3/c24-21-19-18(13-29(17-6-1-2-7-17)22(19)26-14-25-21)20(30)15-4-3-5-16(12-15)27-23(31)28-8-10-32-11-9-28/h3-5,12-14,17H,1-2,6-11H2,(H,27,31)(H2,24,25,26). The van der Waals surface area contributed by atoms with E-state index in [0.717, 1.165) is 12.8 Å². The molecule has 3 aromatic rings. The average molecular weight is 435 g/mol. The number of nitrogen functional groups attached to an aromatic ring is 1. The fourth-order valence-corrected chi connectivity index (χ4v) is 4.60. The first kappa shape index (κ1) is 20.4. The van der Waals surface area contributed by atoms with Crippen LogP contribution in [0.1, 0.15) is 47.6 Å². The highest BCUT2D eigenvalue weighted by Gasteiger charge is 2.26. The number of benzene rings is 1. The quantitative estimate of drug-likeness (QED) is 0.609. The van der Waals surface area contributed by atoms with E-state index in [1.54, 1.807) is 29.2 Å². The van der Waals surface area contributed by atoms with Crippen molar-refractivity contribution in [2.24, 2.45) is 0 Å². The Morgan fingerprint density at radius 3 is 2.69 bits per heavy atom. The maximum atomic E-state index is 13.5. The molecule has 0 unspecified atom stereocenters. The van der Waals surface area contributed by atoms with Gasteiger partial charge in [-0.1, -0.05) is 25.0 Å². The van der Waals surface area contributed by atoms with E-state index in [4.69, 9.17) is 10.5 Å². The molecule has 32 heavy (non-hydrogen) atoms. The van der Waals surface area contributed by atoms with Gasteiger partial charge >= 0.3 is 6.03 Å². The van der Waals surface area contributed by atoms with Gasteiger partial charge in [0.1, 0.15) is 17.8 Å². The number of urea groups is 1. The lowest BCUT2D eigenvalue weighted by Gasteiger charge is -2.27. The number of ether oxygens (including phenoxy) is 1. The van der Waals surface area contributed by atoms with Crippen molar-refractivity contribution in [3.63, 3.8) is 0 Å². The third-order valence-corrected chi connectivity index (χ3v) is 6.28. The van der Waals surface area contributed by atoms with Crippen molar-refractivity contribution in [2.75, 3.05) is 37.4 Å². The topological polar surface area (TPSA) is 115 Å². The molecule has 1 saturated heterocycles. The molecular weight excluding hydrogens is 408 g/mol. The largest absolute Gasteiger partial charge is 0.383 e. The molecule has 9 nitrogen and oxygen atoms in total. The molecule has 3 heterocycles. The number of nitrogens with zero attached hydrogens (tertiary/aromatic N) is 4. The smallest absolute Gasteiger partial charge is 0.321 e. The monoisotopic (exact) mass is 434 g/mol. The van der Waals surface area contributed by atoms with Gasteiger partial charge in [-0.15, -0.1) is 0 Å². The second kappa shape index (κ2) is 8.58. The number of nitrogens with two attached hydrogens (primary N) is 1. The maximum Gasteiger partial charge on any atom is 0.321 e. The Kier molecular flexibility index (Phi) is 5.48. The van der Waals surface area contributed by atoms with Crippen molar-refractivity contribution < 1.29 is 14.3 Å². The molecule has 166 valence electrons. The minimum atomic E-state index is -0.201. The average Bonchev–Trinajstić information content (AvgIpc) is 3.48. The van der Waals surface area contributed by atoms with E-state index in [-0.39, 0.29) is 11.8 Å². The molecule has 1 aliphatic heterocycles. The minimum Gasteiger partial charge on any atom is -0.383 e. The lowest BCUT2D eigenvalue weighted by molar-refractivity contribution is 0.0564. The summed E-state index contributed by atoms with van der Waals surface area (Å²) in [5.41, 5.74) is 8.40. The molecule has 1 saturated carbocycles. The number of carbonyl (C=O) groups is 2. The van der Waals surface area contributed by atoms with Crippen molar-refractivity contribution in [2.45, 2.75) is 31.7 Å². The highest BCUT2D eigenvalue weighted by Crippen LogP contribution is 2.35. The van der Waals surface area contributed by atoms with Crippen molar-refractivity contribution in [1.82, 2.24) is 19.4 Å². The zero-order valence-electron chi connectivity index (χ0n) is 17.8. The SMILES string of the molecule is Nc1ncnc2c1c(C(=O)c1cccc(NC(=O)N3CCOCC3)c1)cn2C1CCCC1. The van der Waals surface area contributed by atoms with Crippen molar-refractivity contribution in [3.05, 3.63) is 47.9 Å². The summed E-state index contributed by atoms with van der Waals surface area (Å²) < 4.78 is 7.38. The second-order valence-electron chi connectivity index (χ2n) is 8.29. The van der Waals surface area contributed by atoms with E-state index in [1.807, 2.05) is 6.20 Å². The summed E-state index contributed by atoms with van der Waals surface area (Å²) >= 11 is 0. The molecule has 1 aliphatic carbocycles. The Morgan fingerprint density at radius 1 is 1.12 bits per heavy atom. The molecule has 3 N–H and O–H groups in total. The lowest BCUT2D eigenvalue weighted by Crippen LogP contribution is -2.43. The highest BCUT2D eigenvalue weighted by atomic mass is 16.5. The predicted octanol–water partition coefficient (Wildman–Crippen LogP) is 3.22. The van der Waals surface area contributed by atoms with Crippen LogP contribution in [-0.4, -0.2) is 57.6 Å². The third-order valence-electron chi connectivity index (χ3n) is 6.28. The number of carbonyl (C=O) groups excluding carboxylic acids is 2. The third kappa shape index (κ3) is 3.80. The molecule has 1 aromatic carbocycles. The zero-order chi connectivity index (χ0) is 22.1. The number of amides is 2. The molecule has 9 heteroatoms. The van der Waals surface area contributed by atoms with Gasteiger partial charge in [0.2, 0.25) is 0 Å². The molecule has 2 fully saturated rings. The van der Waals surface area contributed by atoms with Gasteiger partial charge in [0.15, 0.2) is 5.78 Å². The summed E-state index contributed by atoms with van der Waals surface area (Å²) in [7, 11) is 0. The summed E-state index contributed by atoms with van der Waals surface area (Å²) in [6, 6.07) is 7.08. The molecule has 0 spiro atoms. The van der Waals surface area contributed by atoms with Crippen molar-refractivity contribution in [3.8, 4) is 0 Å². The number of hydrogen-bond acceptors (Lipinski definition) is 6. The molecule has 0 atom stereocenters. The first-order valence-corrected chi connectivity index (χ1v) is 11.0. The van der Waals surface area contributed by atoms with Gasteiger partial charge in [-0.2, -0.15) is 0 Å². The number of anilines is 2. The number of morpholine rings is 1. The van der Waals surface area contributed by atoms with Gasteiger partial charge in [-0.25, -0.2) is 14.8 Å². The van der Waals surface area contributed by atoms with E-state index in [9.17, 15) is 9.59 Å². The van der Waals surface area contributed by atoms with Crippen LogP contribution in [0.2, 0.25) is 0 Å². The first-order valence-electron chi connectivity index (χ1n) is 11.0. The van der Waals surface area contributed by atoms with Gasteiger partial charge in [-0.3, -0.25) is 4.79 Å². The van der Waals surface area contributed by atoms with Crippen LogP contribution >= 0.6 is 0 Å². The van der Waals surface area contributed by atoms with Gasteiger partial charge in [-0.05, 0) is 25.0 Å². The predicted molar refractivity (Wildman–Crippen MR) is 121 cm³/mol. The summed E-state index contributed by atoms with van der Waals surface area (Å²) in [4.78, 5) is 36.3. The van der Waals surface area contributed by atoms with E-state index < -0.39 is 0 Å². The number of rotatable bonds is 4. The van der Waals surface area contributed by atoms with Crippen LogP contribution in [0.5, 0.6) is 0 Å². The van der Waals surface area contributed by atoms with Crippen molar-refractivity contribution in [1.29, 1.82) is 0 Å². The second-order valence-corrected chi connectivity index (χ2v) is 8.29. The number of ketones is 1. The number of aromatic nitrogens is 3. The Bertz CT molecular complexity index is 1160. The van der Waals surface area contributed by atoms with Crippen LogP contribution in [0.15, 0.2) is 36.8 Å². The minimum absolute atomic E-state index is 0.171. The fourth-order valence-electron chi connectivity index (χ4n) is 4.60. The van der Waals surface area contributed by atoms with Crippen LogP contribution in [0.25, 0.3) is 11.0 Å². The Labute approximate surface area is 185 Å². The van der Waals surface area contributed by atoms with E-state index in [1.165, 1.54) is 19.2 Å². The van der Waals surface area contributed by atoms with Gasteiger partial charge in [0, 0.05) is 36.6 Å². The summed E-state index contributed by atoms with van der Waals surface area (Å²) in [6.45, 7) is 2.15. The molecule has 5 rings (SSSR count). The zero-order valence-corrected chi connectivity index (χ0v) is 17.8. The fraction of sp³-hybridized carbons (Fsp3) is 0.391. The molecule has 0 radical (unpaired) electrons. The normalized spacial score (nSPS) is 17.1. The lowest BCUT2D eigenvalue weighted by atomic mass is 10.0.